The summed E-state index contributed by atoms with van der Waals surface area (Å²) in [5.41, 5.74) is 4.73. The largest absolute Gasteiger partial charge is 0.493 e. The number of para-hydroxylation sites is 1. The van der Waals surface area contributed by atoms with Gasteiger partial charge in [-0.15, -0.1) is 12.4 Å². The molecule has 3 aromatic carbocycles. The molecule has 0 unspecified atom stereocenters. The van der Waals surface area contributed by atoms with Gasteiger partial charge in [0.05, 0.1) is 7.11 Å². The smallest absolute Gasteiger partial charge is 0.166 e. The van der Waals surface area contributed by atoms with Crippen LogP contribution < -0.4 is 14.8 Å². The van der Waals surface area contributed by atoms with Gasteiger partial charge in [-0.3, -0.25) is 0 Å². The number of halogens is 2. The second kappa shape index (κ2) is 11.7. The maximum absolute atomic E-state index is 6.13. The Morgan fingerprint density at radius 2 is 1.59 bits per heavy atom. The summed E-state index contributed by atoms with van der Waals surface area (Å²) in [7, 11) is 1.67. The summed E-state index contributed by atoms with van der Waals surface area (Å²) in [5.74, 6) is 1.55. The summed E-state index contributed by atoms with van der Waals surface area (Å²) in [4.78, 5) is 0. The van der Waals surface area contributed by atoms with Gasteiger partial charge in [0.1, 0.15) is 6.61 Å². The van der Waals surface area contributed by atoms with Gasteiger partial charge in [0, 0.05) is 17.1 Å². The van der Waals surface area contributed by atoms with Gasteiger partial charge in [-0.25, -0.2) is 0 Å². The fraction of sp³-hybridized carbons (Fsp3) is 0.250. The van der Waals surface area contributed by atoms with Crippen LogP contribution in [0.5, 0.6) is 11.5 Å². The van der Waals surface area contributed by atoms with Crippen LogP contribution in [0, 0.1) is 6.92 Å². The van der Waals surface area contributed by atoms with E-state index in [4.69, 9.17) is 21.1 Å². The van der Waals surface area contributed by atoms with Gasteiger partial charge in [-0.05, 0) is 49.2 Å². The summed E-state index contributed by atoms with van der Waals surface area (Å²) >= 11 is 5.94. The molecule has 1 N–H and O–H groups in total. The van der Waals surface area contributed by atoms with Crippen molar-refractivity contribution in [1.82, 2.24) is 5.32 Å². The van der Waals surface area contributed by atoms with Gasteiger partial charge in [-0.1, -0.05) is 65.7 Å². The van der Waals surface area contributed by atoms with Crippen LogP contribution in [-0.4, -0.2) is 13.7 Å². The lowest BCUT2D eigenvalue weighted by Gasteiger charge is -2.16. The average molecular weight is 432 g/mol. The van der Waals surface area contributed by atoms with Crippen LogP contribution >= 0.6 is 24.0 Å². The molecule has 0 saturated carbocycles. The third-order valence-corrected chi connectivity index (χ3v) is 4.86. The van der Waals surface area contributed by atoms with Crippen LogP contribution in [0.2, 0.25) is 5.02 Å². The van der Waals surface area contributed by atoms with Crippen molar-refractivity contribution in [2.45, 2.75) is 26.5 Å². The van der Waals surface area contributed by atoms with Crippen molar-refractivity contribution in [1.29, 1.82) is 0 Å². The molecule has 154 valence electrons. The van der Waals surface area contributed by atoms with E-state index in [1.807, 2.05) is 24.3 Å². The molecule has 0 aliphatic heterocycles. The van der Waals surface area contributed by atoms with E-state index >= 15 is 0 Å². The number of aryl methyl sites for hydroxylation is 1. The maximum atomic E-state index is 6.13. The molecule has 0 aliphatic rings. The Labute approximate surface area is 184 Å². The lowest BCUT2D eigenvalue weighted by atomic mass is 10.1. The normalized spacial score (nSPS) is 10.3. The molecule has 0 heterocycles. The number of methoxy groups -OCH3 is 1. The number of ether oxygens (including phenoxy) is 2. The van der Waals surface area contributed by atoms with E-state index in [9.17, 15) is 0 Å². The van der Waals surface area contributed by atoms with Crippen molar-refractivity contribution < 1.29 is 9.47 Å². The molecule has 0 spiro atoms. The summed E-state index contributed by atoms with van der Waals surface area (Å²) in [5, 5.41) is 4.26. The highest BCUT2D eigenvalue weighted by Gasteiger charge is 2.11. The summed E-state index contributed by atoms with van der Waals surface area (Å²) in [6, 6.07) is 22.4. The summed E-state index contributed by atoms with van der Waals surface area (Å²) in [6.45, 7) is 4.18. The van der Waals surface area contributed by atoms with E-state index in [0.717, 1.165) is 40.6 Å². The van der Waals surface area contributed by atoms with Crippen LogP contribution in [0.4, 0.5) is 0 Å². The third-order valence-electron chi connectivity index (χ3n) is 4.60. The molecule has 0 bridgehead atoms. The molecule has 0 saturated heterocycles. The van der Waals surface area contributed by atoms with Crippen molar-refractivity contribution in [3.05, 3.63) is 94.0 Å². The molecule has 3 aromatic rings. The molecule has 5 heteroatoms. The first-order valence-corrected chi connectivity index (χ1v) is 9.83. The van der Waals surface area contributed by atoms with E-state index in [1.54, 1.807) is 7.11 Å². The van der Waals surface area contributed by atoms with E-state index in [0.29, 0.717) is 13.2 Å². The number of nitrogens with one attached hydrogen (secondary N) is 1. The van der Waals surface area contributed by atoms with Gasteiger partial charge >= 0.3 is 0 Å². The molecule has 0 aliphatic carbocycles. The van der Waals surface area contributed by atoms with E-state index in [1.165, 1.54) is 11.1 Å². The molecule has 0 amide bonds. The quantitative estimate of drug-likeness (QED) is 0.422. The second-order valence-electron chi connectivity index (χ2n) is 6.78. The lowest BCUT2D eigenvalue weighted by molar-refractivity contribution is 0.280. The van der Waals surface area contributed by atoms with Gasteiger partial charge in [0.15, 0.2) is 11.5 Å². The highest BCUT2D eigenvalue weighted by Crippen LogP contribution is 2.31. The zero-order valence-corrected chi connectivity index (χ0v) is 18.4. The van der Waals surface area contributed by atoms with E-state index in [2.05, 4.69) is 54.7 Å². The molecule has 3 rings (SSSR count). The number of hydrogen-bond acceptors (Lipinski definition) is 3. The Hall–Kier alpha value is -2.20. The molecule has 3 nitrogen and oxygen atoms in total. The average Bonchev–Trinajstić information content (AvgIpc) is 2.72. The van der Waals surface area contributed by atoms with E-state index < -0.39 is 0 Å². The van der Waals surface area contributed by atoms with Gasteiger partial charge in [0.25, 0.3) is 0 Å². The molecule has 0 atom stereocenters. The lowest BCUT2D eigenvalue weighted by Crippen LogP contribution is -2.17. The second-order valence-corrected chi connectivity index (χ2v) is 7.21. The van der Waals surface area contributed by atoms with Crippen LogP contribution in [-0.2, 0) is 19.6 Å². The number of rotatable bonds is 9. The van der Waals surface area contributed by atoms with Crippen molar-refractivity contribution in [2.24, 2.45) is 0 Å². The fourth-order valence-corrected chi connectivity index (χ4v) is 3.10. The topological polar surface area (TPSA) is 30.5 Å². The third kappa shape index (κ3) is 6.97. The monoisotopic (exact) mass is 431 g/mol. The maximum Gasteiger partial charge on any atom is 0.166 e. The van der Waals surface area contributed by atoms with Gasteiger partial charge in [-0.2, -0.15) is 0 Å². The number of hydrogen-bond donors (Lipinski definition) is 1. The number of benzene rings is 3. The Morgan fingerprint density at radius 1 is 0.897 bits per heavy atom. The Bertz CT molecular complexity index is 880. The zero-order chi connectivity index (χ0) is 19.8. The first kappa shape index (κ1) is 23.1. The minimum absolute atomic E-state index is 0. The standard InChI is InChI=1S/C24H26ClNO2.ClH/c1-18-6-8-20(9-7-18)17-28-24-21(4-3-5-23(24)27-2)16-26-15-14-19-10-12-22(25)13-11-19;/h3-13,26H,14-17H2,1-2H3;1H. The summed E-state index contributed by atoms with van der Waals surface area (Å²) in [6.07, 6.45) is 0.945. The predicted molar refractivity (Wildman–Crippen MR) is 123 cm³/mol. The highest BCUT2D eigenvalue weighted by atomic mass is 35.5. The predicted octanol–water partition coefficient (Wildman–Crippen LogP) is 5.99. The Morgan fingerprint density at radius 3 is 2.28 bits per heavy atom. The SMILES string of the molecule is COc1cccc(CNCCc2ccc(Cl)cc2)c1OCc1ccc(C)cc1.Cl. The molecule has 29 heavy (non-hydrogen) atoms. The molecule has 0 fully saturated rings. The van der Waals surface area contributed by atoms with Crippen LogP contribution in [0.1, 0.15) is 22.3 Å². The van der Waals surface area contributed by atoms with Crippen molar-refractivity contribution in [3.8, 4) is 11.5 Å². The van der Waals surface area contributed by atoms with Crippen LogP contribution in [0.3, 0.4) is 0 Å². The van der Waals surface area contributed by atoms with Crippen molar-refractivity contribution >= 4 is 24.0 Å². The van der Waals surface area contributed by atoms with Gasteiger partial charge < -0.3 is 14.8 Å². The minimum Gasteiger partial charge on any atom is -0.493 e. The molecular weight excluding hydrogens is 405 g/mol. The summed E-state index contributed by atoms with van der Waals surface area (Å²) < 4.78 is 11.6. The van der Waals surface area contributed by atoms with Crippen molar-refractivity contribution in [2.75, 3.05) is 13.7 Å². The Kier molecular flexibility index (Phi) is 9.33. The Balaban J connectivity index is 0.00000300. The van der Waals surface area contributed by atoms with E-state index in [-0.39, 0.29) is 12.4 Å². The van der Waals surface area contributed by atoms with Crippen LogP contribution in [0.15, 0.2) is 66.7 Å². The molecule has 0 radical (unpaired) electrons. The molecule has 0 aromatic heterocycles. The van der Waals surface area contributed by atoms with Crippen LogP contribution in [0.25, 0.3) is 0 Å². The zero-order valence-electron chi connectivity index (χ0n) is 16.8. The fourth-order valence-electron chi connectivity index (χ4n) is 2.97. The molecular formula is C24H27Cl2NO2. The van der Waals surface area contributed by atoms with Gasteiger partial charge in [0.2, 0.25) is 0 Å². The first-order chi connectivity index (χ1) is 13.7. The minimum atomic E-state index is 0. The van der Waals surface area contributed by atoms with Crippen molar-refractivity contribution in [3.63, 3.8) is 0 Å². The first-order valence-electron chi connectivity index (χ1n) is 9.45. The highest BCUT2D eigenvalue weighted by molar-refractivity contribution is 6.30.